The quantitative estimate of drug-likeness (QED) is 0.656. The van der Waals surface area contributed by atoms with Crippen LogP contribution < -0.4 is 11.1 Å². The zero-order chi connectivity index (χ0) is 16.1. The van der Waals surface area contributed by atoms with E-state index >= 15 is 0 Å². The Morgan fingerprint density at radius 2 is 1.95 bits per heavy atom. The first kappa shape index (κ1) is 16.5. The van der Waals surface area contributed by atoms with E-state index < -0.39 is 0 Å². The molecule has 118 valence electrons. The average molecular weight is 316 g/mol. The van der Waals surface area contributed by atoms with Gasteiger partial charge in [0, 0.05) is 10.6 Å². The molecule has 22 heavy (non-hydrogen) atoms. The van der Waals surface area contributed by atoms with Crippen molar-refractivity contribution in [3.63, 3.8) is 0 Å². The SMILES string of the molecule is Cc1cc(C)cc(NC(N)=NCC(c2cccs2)N(C)C)c1. The van der Waals surface area contributed by atoms with E-state index in [4.69, 9.17) is 5.73 Å². The number of nitrogens with one attached hydrogen (secondary N) is 1. The second kappa shape index (κ2) is 7.42. The molecule has 0 spiro atoms. The maximum Gasteiger partial charge on any atom is 0.193 e. The molecule has 3 N–H and O–H groups in total. The molecule has 1 atom stereocenters. The molecule has 0 fully saturated rings. The van der Waals surface area contributed by atoms with E-state index in [1.807, 2.05) is 0 Å². The Kier molecular flexibility index (Phi) is 5.57. The van der Waals surface area contributed by atoms with Gasteiger partial charge in [0.25, 0.3) is 0 Å². The summed E-state index contributed by atoms with van der Waals surface area (Å²) in [5.41, 5.74) is 9.43. The number of thiophene rings is 1. The van der Waals surface area contributed by atoms with E-state index in [1.54, 1.807) is 11.3 Å². The number of aryl methyl sites for hydroxylation is 2. The summed E-state index contributed by atoms with van der Waals surface area (Å²) < 4.78 is 0. The molecule has 0 aliphatic carbocycles. The van der Waals surface area contributed by atoms with Crippen molar-refractivity contribution in [1.29, 1.82) is 0 Å². The molecule has 2 aromatic rings. The maximum atomic E-state index is 6.03. The molecule has 2 rings (SSSR count). The first-order valence-electron chi connectivity index (χ1n) is 7.31. The van der Waals surface area contributed by atoms with Crippen LogP contribution in [0.25, 0.3) is 0 Å². The Morgan fingerprint density at radius 1 is 1.27 bits per heavy atom. The second-order valence-corrected chi connectivity index (χ2v) is 6.70. The fourth-order valence-electron chi connectivity index (χ4n) is 2.41. The lowest BCUT2D eigenvalue weighted by Crippen LogP contribution is -2.27. The average Bonchev–Trinajstić information content (AvgIpc) is 2.91. The number of aliphatic imine (C=N–C) groups is 1. The summed E-state index contributed by atoms with van der Waals surface area (Å²) in [6.07, 6.45) is 0. The molecular weight excluding hydrogens is 292 g/mol. The predicted octanol–water partition coefficient (Wildman–Crippen LogP) is 3.39. The number of guanidine groups is 1. The summed E-state index contributed by atoms with van der Waals surface area (Å²) in [5, 5.41) is 5.27. The molecule has 5 heteroatoms. The van der Waals surface area contributed by atoms with E-state index in [0.717, 1.165) is 5.69 Å². The molecule has 1 heterocycles. The number of nitrogens with zero attached hydrogens (tertiary/aromatic N) is 2. The molecular formula is C17H24N4S. The first-order chi connectivity index (χ1) is 10.5. The van der Waals surface area contributed by atoms with Gasteiger partial charge in [-0.15, -0.1) is 11.3 Å². The Labute approximate surface area is 136 Å². The number of likely N-dealkylation sites (N-methyl/N-ethyl adjacent to an activating group) is 1. The van der Waals surface area contributed by atoms with Crippen LogP contribution in [0.5, 0.6) is 0 Å². The summed E-state index contributed by atoms with van der Waals surface area (Å²) in [6, 6.07) is 10.7. The third kappa shape index (κ3) is 4.58. The van der Waals surface area contributed by atoms with Crippen LogP contribution >= 0.6 is 11.3 Å². The largest absolute Gasteiger partial charge is 0.370 e. The Hall–Kier alpha value is -1.85. The van der Waals surface area contributed by atoms with Gasteiger partial charge in [0.15, 0.2) is 5.96 Å². The Bertz CT molecular complexity index is 612. The van der Waals surface area contributed by atoms with Gasteiger partial charge in [-0.25, -0.2) is 0 Å². The number of hydrogen-bond acceptors (Lipinski definition) is 3. The predicted molar refractivity (Wildman–Crippen MR) is 96.8 cm³/mol. The molecule has 0 bridgehead atoms. The summed E-state index contributed by atoms with van der Waals surface area (Å²) in [5.74, 6) is 0.452. The zero-order valence-electron chi connectivity index (χ0n) is 13.6. The van der Waals surface area contributed by atoms with Crippen LogP contribution in [0.1, 0.15) is 22.0 Å². The Balaban J connectivity index is 2.05. The zero-order valence-corrected chi connectivity index (χ0v) is 14.4. The first-order valence-corrected chi connectivity index (χ1v) is 8.18. The van der Waals surface area contributed by atoms with Gasteiger partial charge in [0.1, 0.15) is 0 Å². The minimum absolute atomic E-state index is 0.250. The van der Waals surface area contributed by atoms with Crippen molar-refractivity contribution in [1.82, 2.24) is 4.90 Å². The number of rotatable bonds is 5. The van der Waals surface area contributed by atoms with Crippen molar-refractivity contribution in [2.24, 2.45) is 10.7 Å². The minimum atomic E-state index is 0.250. The molecule has 0 amide bonds. The lowest BCUT2D eigenvalue weighted by Gasteiger charge is -2.21. The number of nitrogens with two attached hydrogens (primary N) is 1. The van der Waals surface area contributed by atoms with Gasteiger partial charge >= 0.3 is 0 Å². The molecule has 0 saturated carbocycles. The lowest BCUT2D eigenvalue weighted by molar-refractivity contribution is 0.311. The third-order valence-corrected chi connectivity index (χ3v) is 4.40. The fourth-order valence-corrected chi connectivity index (χ4v) is 3.32. The van der Waals surface area contributed by atoms with Gasteiger partial charge in [-0.05, 0) is 62.6 Å². The summed E-state index contributed by atoms with van der Waals surface area (Å²) >= 11 is 1.75. The van der Waals surface area contributed by atoms with Gasteiger partial charge in [-0.2, -0.15) is 0 Å². The van der Waals surface area contributed by atoms with Gasteiger partial charge < -0.3 is 16.0 Å². The lowest BCUT2D eigenvalue weighted by atomic mass is 10.1. The van der Waals surface area contributed by atoms with Crippen molar-refractivity contribution in [2.45, 2.75) is 19.9 Å². The van der Waals surface area contributed by atoms with E-state index in [2.05, 4.69) is 78.9 Å². The van der Waals surface area contributed by atoms with Crippen LogP contribution in [-0.4, -0.2) is 31.5 Å². The molecule has 0 radical (unpaired) electrons. The van der Waals surface area contributed by atoms with E-state index in [9.17, 15) is 0 Å². The highest BCUT2D eigenvalue weighted by Crippen LogP contribution is 2.23. The molecule has 1 aromatic carbocycles. The van der Waals surface area contributed by atoms with Crippen molar-refractivity contribution in [2.75, 3.05) is 26.0 Å². The van der Waals surface area contributed by atoms with Crippen LogP contribution in [0, 0.1) is 13.8 Å². The molecule has 0 aliphatic rings. The highest BCUT2D eigenvalue weighted by Gasteiger charge is 2.14. The summed E-state index contributed by atoms with van der Waals surface area (Å²) in [6.45, 7) is 4.78. The van der Waals surface area contributed by atoms with Crippen molar-refractivity contribution in [3.05, 3.63) is 51.7 Å². The normalized spacial score (nSPS) is 13.4. The number of hydrogen-bond donors (Lipinski definition) is 2. The molecule has 1 unspecified atom stereocenters. The minimum Gasteiger partial charge on any atom is -0.370 e. The number of anilines is 1. The van der Waals surface area contributed by atoms with Crippen molar-refractivity contribution in [3.8, 4) is 0 Å². The van der Waals surface area contributed by atoms with E-state index in [1.165, 1.54) is 16.0 Å². The van der Waals surface area contributed by atoms with Crippen LogP contribution in [0.4, 0.5) is 5.69 Å². The number of benzene rings is 1. The van der Waals surface area contributed by atoms with Crippen LogP contribution in [0.2, 0.25) is 0 Å². The van der Waals surface area contributed by atoms with Gasteiger partial charge in [0.05, 0.1) is 12.6 Å². The van der Waals surface area contributed by atoms with Crippen molar-refractivity contribution >= 4 is 23.0 Å². The molecule has 0 saturated heterocycles. The van der Waals surface area contributed by atoms with Crippen molar-refractivity contribution < 1.29 is 0 Å². The van der Waals surface area contributed by atoms with E-state index in [-0.39, 0.29) is 6.04 Å². The second-order valence-electron chi connectivity index (χ2n) is 5.72. The molecule has 1 aromatic heterocycles. The van der Waals surface area contributed by atoms with Crippen LogP contribution in [0.3, 0.4) is 0 Å². The third-order valence-electron chi connectivity index (χ3n) is 3.42. The van der Waals surface area contributed by atoms with Gasteiger partial charge in [-0.1, -0.05) is 12.1 Å². The smallest absolute Gasteiger partial charge is 0.193 e. The summed E-state index contributed by atoms with van der Waals surface area (Å²) in [4.78, 5) is 7.97. The standard InChI is InChI=1S/C17H24N4S/c1-12-8-13(2)10-14(9-12)20-17(18)19-11-15(21(3)4)16-6-5-7-22-16/h5-10,15H,11H2,1-4H3,(H3,18,19,20). The van der Waals surface area contributed by atoms with Gasteiger partial charge in [-0.3, -0.25) is 4.99 Å². The molecule has 4 nitrogen and oxygen atoms in total. The van der Waals surface area contributed by atoms with Gasteiger partial charge in [0.2, 0.25) is 0 Å². The fraction of sp³-hybridized carbons (Fsp3) is 0.353. The highest BCUT2D eigenvalue weighted by molar-refractivity contribution is 7.10. The monoisotopic (exact) mass is 316 g/mol. The Morgan fingerprint density at radius 3 is 2.50 bits per heavy atom. The highest BCUT2D eigenvalue weighted by atomic mass is 32.1. The molecule has 0 aliphatic heterocycles. The maximum absolute atomic E-state index is 6.03. The van der Waals surface area contributed by atoms with E-state index in [0.29, 0.717) is 12.5 Å². The topological polar surface area (TPSA) is 53.6 Å². The van der Waals surface area contributed by atoms with Crippen LogP contribution in [0.15, 0.2) is 40.7 Å². The van der Waals surface area contributed by atoms with Crippen LogP contribution in [-0.2, 0) is 0 Å². The summed E-state index contributed by atoms with van der Waals surface area (Å²) in [7, 11) is 4.13.